The van der Waals surface area contributed by atoms with E-state index in [9.17, 15) is 0 Å². The van der Waals surface area contributed by atoms with Crippen LogP contribution < -0.4 is 53.0 Å². The number of halogens is 2. The molecule has 6 heteroatoms. The average molecular weight is 332 g/mol. The monoisotopic (exact) mass is 332 g/mol. The van der Waals surface area contributed by atoms with E-state index in [1.807, 2.05) is 0 Å². The molecule has 4 N–H and O–H groups in total. The second kappa shape index (κ2) is 7.30. The van der Waals surface area contributed by atoms with Crippen LogP contribution >= 0.6 is 0 Å². The van der Waals surface area contributed by atoms with E-state index in [4.69, 9.17) is 9.28 Å². The summed E-state index contributed by atoms with van der Waals surface area (Å²) in [4.78, 5) is 0. The van der Waals surface area contributed by atoms with Crippen LogP contribution in [0.4, 0.5) is 0 Å². The van der Waals surface area contributed by atoms with Gasteiger partial charge in [0.25, 0.3) is 0 Å². The van der Waals surface area contributed by atoms with E-state index in [1.54, 1.807) is 0 Å². The third-order valence-corrected chi connectivity index (χ3v) is 3.07. The van der Waals surface area contributed by atoms with Gasteiger partial charge in [-0.05, 0) is 0 Å². The molecule has 0 amide bonds. The van der Waals surface area contributed by atoms with Gasteiger partial charge in [-0.1, -0.05) is 0 Å². The van der Waals surface area contributed by atoms with Gasteiger partial charge in [-0.3, -0.25) is 0 Å². The minimum absolute atomic E-state index is 0.205. The number of hydrazine groups is 1. The van der Waals surface area contributed by atoms with Crippen LogP contribution in [0.5, 0.6) is 0 Å². The molecule has 0 saturated heterocycles. The molecule has 0 aromatic carbocycles. The van der Waals surface area contributed by atoms with Crippen molar-refractivity contribution in [3.8, 4) is 0 Å². The van der Waals surface area contributed by atoms with Gasteiger partial charge in [-0.15, -0.1) is 0 Å². The number of nitrogens with one attached hydrogen (secondary N) is 1. The van der Waals surface area contributed by atoms with Crippen molar-refractivity contribution in [2.24, 2.45) is 5.84 Å². The molecule has 0 rings (SSSR count). The Balaban J connectivity index is 2.45. The van der Waals surface area contributed by atoms with Crippen LogP contribution in [0.15, 0.2) is 0 Å². The Kier molecular flexibility index (Phi) is 8.66. The van der Waals surface area contributed by atoms with Gasteiger partial charge in [-0.25, -0.2) is 0 Å². The van der Waals surface area contributed by atoms with Crippen LogP contribution in [0, 0.1) is 0 Å². The molecule has 0 radical (unpaired) electrons. The topological polar surface area (TPSA) is 67.5 Å². The summed E-state index contributed by atoms with van der Waals surface area (Å²) in [7, 11) is 0. The number of nitrogens with two attached hydrogens (primary N) is 1. The van der Waals surface area contributed by atoms with Crippen LogP contribution in [0.3, 0.4) is 0 Å². The maximum absolute atomic E-state index is 8.13. The fourth-order valence-corrected chi connectivity index (χ4v) is 1.97. The van der Waals surface area contributed by atoms with Crippen LogP contribution in [0.25, 0.3) is 0 Å². The Morgan fingerprint density at radius 2 is 2.57 bits per heavy atom. The van der Waals surface area contributed by atoms with Gasteiger partial charge < -0.3 is 0 Å². The molecular formula is CH6I2N2O2-2. The van der Waals surface area contributed by atoms with Gasteiger partial charge in [0.1, 0.15) is 0 Å². The van der Waals surface area contributed by atoms with Crippen molar-refractivity contribution in [1.29, 1.82) is 0 Å². The zero-order valence-electron chi connectivity index (χ0n) is 3.40. The van der Waals surface area contributed by atoms with Crippen molar-refractivity contribution in [3.63, 3.8) is 0 Å². The molecule has 0 aromatic heterocycles. The molecule has 0 aliphatic heterocycles. The summed E-state index contributed by atoms with van der Waals surface area (Å²) in [5.74, 6) is 4.92. The molecule has 0 fully saturated rings. The molecule has 48 valence electrons. The van der Waals surface area contributed by atoms with Gasteiger partial charge >= 0.3 is 64.1 Å². The minimum atomic E-state index is -0.973. The van der Waals surface area contributed by atoms with E-state index in [2.05, 4.69) is 6.71 Å². The van der Waals surface area contributed by atoms with Crippen molar-refractivity contribution < 1.29 is 50.0 Å². The first-order chi connectivity index (χ1) is 3.41. The summed E-state index contributed by atoms with van der Waals surface area (Å²) in [6.07, 6.45) is 0. The van der Waals surface area contributed by atoms with Crippen LogP contribution in [0.2, 0.25) is 0 Å². The number of rotatable bonds is 4. The number of hydrogen-bond donors (Lipinski definition) is 3. The quantitative estimate of drug-likeness (QED) is 0.120. The second-order valence-electron chi connectivity index (χ2n) is 0.530. The Bertz CT molecular complexity index is 32.9. The van der Waals surface area contributed by atoms with Crippen LogP contribution in [0.1, 0.15) is 0 Å². The Labute approximate surface area is 63.7 Å². The van der Waals surface area contributed by atoms with E-state index in [-0.39, 0.29) is 21.5 Å². The second-order valence-corrected chi connectivity index (χ2v) is 3.56. The van der Waals surface area contributed by atoms with Gasteiger partial charge in [0.15, 0.2) is 0 Å². The summed E-state index contributed by atoms with van der Waals surface area (Å²) in [5, 5.41) is 0. The Morgan fingerprint density at radius 3 is 3.00 bits per heavy atom. The first-order valence-corrected chi connectivity index (χ1v) is 5.81. The van der Waals surface area contributed by atoms with Gasteiger partial charge in [0, 0.05) is 0 Å². The summed E-state index contributed by atoms with van der Waals surface area (Å²) in [5.41, 5.74) is 0. The van der Waals surface area contributed by atoms with E-state index in [1.165, 1.54) is 0 Å². The first-order valence-electron chi connectivity index (χ1n) is 1.36. The van der Waals surface area contributed by atoms with E-state index in [0.717, 1.165) is 0 Å². The molecule has 0 unspecified atom stereocenters. The molecule has 0 bridgehead atoms. The number of alkyl halides is 1. The van der Waals surface area contributed by atoms with Gasteiger partial charge in [0.05, 0.1) is 0 Å². The van der Waals surface area contributed by atoms with E-state index in [0.29, 0.717) is 4.61 Å². The predicted molar refractivity (Wildman–Crippen MR) is 15.5 cm³/mol. The van der Waals surface area contributed by atoms with Crippen molar-refractivity contribution in [2.75, 3.05) is 4.61 Å². The SMILES string of the molecule is NN[I-]CO[I-]O. The standard InChI is InChI=1S/CH6I2N2O2/c4-5-2-1-7-3-6/h5-6H,1,4H2/q-2. The molecule has 0 spiro atoms. The molecule has 4 nitrogen and oxygen atoms in total. The maximum atomic E-state index is 8.13. The van der Waals surface area contributed by atoms with Crippen molar-refractivity contribution in [1.82, 2.24) is 3.64 Å². The van der Waals surface area contributed by atoms with Crippen molar-refractivity contribution >= 4 is 0 Å². The fourth-order valence-electron chi connectivity index (χ4n) is 0.0706. The average Bonchev–Trinajstić information content (AvgIpc) is 1.69. The van der Waals surface area contributed by atoms with Crippen LogP contribution in [-0.4, -0.2) is 8.05 Å². The van der Waals surface area contributed by atoms with Gasteiger partial charge in [-0.2, -0.15) is 0 Å². The summed E-state index contributed by atoms with van der Waals surface area (Å²) in [6, 6.07) is 0. The van der Waals surface area contributed by atoms with Crippen molar-refractivity contribution in [2.45, 2.75) is 0 Å². The van der Waals surface area contributed by atoms with Gasteiger partial charge in [0.2, 0.25) is 0 Å². The fraction of sp³-hybridized carbons (Fsp3) is 1.00. The molecule has 0 aliphatic rings. The number of hydrogen-bond acceptors (Lipinski definition) is 4. The zero-order chi connectivity index (χ0) is 5.54. The molecule has 0 atom stereocenters. The summed E-state index contributed by atoms with van der Waals surface area (Å²) >= 11 is -1.18. The Hall–Kier alpha value is 1.30. The van der Waals surface area contributed by atoms with Crippen molar-refractivity contribution in [3.05, 3.63) is 0 Å². The third-order valence-electron chi connectivity index (χ3n) is 0.222. The zero-order valence-corrected chi connectivity index (χ0v) is 7.71. The molecule has 0 heterocycles. The third kappa shape index (κ3) is 7.30. The predicted octanol–water partition coefficient (Wildman–Crippen LogP) is -7.66. The van der Waals surface area contributed by atoms with E-state index >= 15 is 0 Å². The molecular weight excluding hydrogens is 326 g/mol. The molecule has 7 heavy (non-hydrogen) atoms. The molecule has 0 aliphatic carbocycles. The van der Waals surface area contributed by atoms with E-state index < -0.39 is 22.0 Å². The normalized spacial score (nSPS) is 10.6. The van der Waals surface area contributed by atoms with Crippen LogP contribution in [-0.2, 0) is 3.07 Å². The molecule has 0 aromatic rings. The summed E-state index contributed by atoms with van der Waals surface area (Å²) in [6.45, 7) is 0. The molecule has 0 saturated carbocycles. The summed E-state index contributed by atoms with van der Waals surface area (Å²) < 4.78 is 15.9. The Morgan fingerprint density at radius 1 is 1.86 bits per heavy atom. The first kappa shape index (κ1) is 8.30.